The Morgan fingerprint density at radius 1 is 1.20 bits per heavy atom. The van der Waals surface area contributed by atoms with E-state index in [1.807, 2.05) is 11.8 Å². The second kappa shape index (κ2) is 4.83. The van der Waals surface area contributed by atoms with Gasteiger partial charge in [0.25, 0.3) is 0 Å². The largest absolute Gasteiger partial charge is 0.401 e. The van der Waals surface area contributed by atoms with Crippen LogP contribution in [0.1, 0.15) is 13.3 Å². The molecule has 1 heterocycles. The summed E-state index contributed by atoms with van der Waals surface area (Å²) in [6, 6.07) is 0. The average molecular weight is 223 g/mol. The predicted molar refractivity (Wildman–Crippen MR) is 52.1 cm³/mol. The molecule has 0 aliphatic carbocycles. The van der Waals surface area contributed by atoms with Crippen molar-refractivity contribution in [2.75, 3.05) is 32.7 Å². The number of piperazine rings is 1. The first kappa shape index (κ1) is 12.3. The molecule has 1 N–H and O–H groups in total. The molecule has 0 aromatic heterocycles. The molecule has 0 amide bonds. The van der Waals surface area contributed by atoms with Gasteiger partial charge in [-0.3, -0.25) is 10.3 Å². The Morgan fingerprint density at radius 3 is 2.13 bits per heavy atom. The van der Waals surface area contributed by atoms with Crippen molar-refractivity contribution in [3.05, 3.63) is 0 Å². The van der Waals surface area contributed by atoms with Crippen molar-refractivity contribution < 1.29 is 13.2 Å². The Morgan fingerprint density at radius 2 is 1.73 bits per heavy atom. The minimum absolute atomic E-state index is 0.391. The molecule has 1 saturated heterocycles. The summed E-state index contributed by atoms with van der Waals surface area (Å²) in [5.41, 5.74) is 0. The molecule has 6 heteroatoms. The van der Waals surface area contributed by atoms with E-state index < -0.39 is 12.7 Å². The third-order valence-electron chi connectivity index (χ3n) is 2.49. The van der Waals surface area contributed by atoms with Gasteiger partial charge >= 0.3 is 6.18 Å². The summed E-state index contributed by atoms with van der Waals surface area (Å²) >= 11 is 0. The zero-order valence-corrected chi connectivity index (χ0v) is 8.77. The lowest BCUT2D eigenvalue weighted by Crippen LogP contribution is -2.50. The Hall–Kier alpha value is -0.780. The number of hydrogen-bond donors (Lipinski definition) is 1. The highest BCUT2D eigenvalue weighted by Crippen LogP contribution is 2.17. The highest BCUT2D eigenvalue weighted by molar-refractivity contribution is 5.78. The SMILES string of the molecule is CCC(=N)N1CCN(CC(F)(F)F)CC1. The zero-order valence-electron chi connectivity index (χ0n) is 8.77. The van der Waals surface area contributed by atoms with Gasteiger partial charge in [0.15, 0.2) is 0 Å². The van der Waals surface area contributed by atoms with E-state index in [1.54, 1.807) is 0 Å². The average Bonchev–Trinajstić information content (AvgIpc) is 2.15. The lowest BCUT2D eigenvalue weighted by Gasteiger charge is -2.36. The van der Waals surface area contributed by atoms with Crippen molar-refractivity contribution in [3.63, 3.8) is 0 Å². The van der Waals surface area contributed by atoms with E-state index in [2.05, 4.69) is 0 Å². The van der Waals surface area contributed by atoms with Gasteiger partial charge in [-0.05, 0) is 0 Å². The number of nitrogens with one attached hydrogen (secondary N) is 1. The summed E-state index contributed by atoms with van der Waals surface area (Å²) < 4.78 is 36.2. The van der Waals surface area contributed by atoms with E-state index in [0.29, 0.717) is 38.4 Å². The third-order valence-corrected chi connectivity index (χ3v) is 2.49. The molecule has 15 heavy (non-hydrogen) atoms. The van der Waals surface area contributed by atoms with Gasteiger partial charge in [0.05, 0.1) is 12.4 Å². The van der Waals surface area contributed by atoms with Crippen LogP contribution >= 0.6 is 0 Å². The Balaban J connectivity index is 2.33. The molecule has 1 aliphatic rings. The number of hydrogen-bond acceptors (Lipinski definition) is 2. The maximum Gasteiger partial charge on any atom is 0.401 e. The molecular weight excluding hydrogens is 207 g/mol. The number of rotatable bonds is 2. The van der Waals surface area contributed by atoms with Gasteiger partial charge in [-0.2, -0.15) is 13.2 Å². The molecule has 0 atom stereocenters. The molecule has 0 aromatic carbocycles. The van der Waals surface area contributed by atoms with Gasteiger partial charge in [0, 0.05) is 32.6 Å². The molecule has 1 aliphatic heterocycles. The fourth-order valence-corrected chi connectivity index (χ4v) is 1.65. The second-order valence-corrected chi connectivity index (χ2v) is 3.68. The van der Waals surface area contributed by atoms with Gasteiger partial charge < -0.3 is 4.90 Å². The van der Waals surface area contributed by atoms with Crippen LogP contribution in [0, 0.1) is 5.41 Å². The molecule has 3 nitrogen and oxygen atoms in total. The van der Waals surface area contributed by atoms with E-state index in [4.69, 9.17) is 5.41 Å². The summed E-state index contributed by atoms with van der Waals surface area (Å²) in [7, 11) is 0. The monoisotopic (exact) mass is 223 g/mol. The topological polar surface area (TPSA) is 30.3 Å². The summed E-state index contributed by atoms with van der Waals surface area (Å²) in [5.74, 6) is 0.515. The van der Waals surface area contributed by atoms with Crippen LogP contribution in [0.4, 0.5) is 13.2 Å². The number of halogens is 3. The van der Waals surface area contributed by atoms with Gasteiger partial charge in [-0.1, -0.05) is 6.92 Å². The van der Waals surface area contributed by atoms with Gasteiger partial charge in [-0.15, -0.1) is 0 Å². The highest BCUT2D eigenvalue weighted by Gasteiger charge is 2.32. The maximum atomic E-state index is 12.1. The molecule has 0 saturated carbocycles. The van der Waals surface area contributed by atoms with E-state index in [9.17, 15) is 13.2 Å². The van der Waals surface area contributed by atoms with Crippen molar-refractivity contribution in [1.82, 2.24) is 9.80 Å². The minimum atomic E-state index is -4.11. The third kappa shape index (κ3) is 4.07. The summed E-state index contributed by atoms with van der Waals surface area (Å²) in [4.78, 5) is 3.23. The standard InChI is InChI=1S/C9H16F3N3/c1-2-8(13)15-5-3-14(4-6-15)7-9(10,11)12/h13H,2-7H2,1H3. The second-order valence-electron chi connectivity index (χ2n) is 3.68. The molecule has 0 unspecified atom stereocenters. The molecule has 0 bridgehead atoms. The highest BCUT2D eigenvalue weighted by atomic mass is 19.4. The van der Waals surface area contributed by atoms with Crippen LogP contribution in [0.2, 0.25) is 0 Å². The first-order chi connectivity index (χ1) is 6.92. The Labute approximate surface area is 87.4 Å². The molecule has 0 radical (unpaired) electrons. The van der Waals surface area contributed by atoms with E-state index in [-0.39, 0.29) is 0 Å². The van der Waals surface area contributed by atoms with Crippen LogP contribution in [0.15, 0.2) is 0 Å². The van der Waals surface area contributed by atoms with Crippen LogP contribution in [0.5, 0.6) is 0 Å². The fraction of sp³-hybridized carbons (Fsp3) is 0.889. The van der Waals surface area contributed by atoms with Crippen molar-refractivity contribution in [2.45, 2.75) is 19.5 Å². The van der Waals surface area contributed by atoms with E-state index in [1.165, 1.54) is 4.90 Å². The Kier molecular flexibility index (Phi) is 3.96. The smallest absolute Gasteiger partial charge is 0.358 e. The van der Waals surface area contributed by atoms with Crippen LogP contribution in [0.3, 0.4) is 0 Å². The van der Waals surface area contributed by atoms with Crippen molar-refractivity contribution in [2.24, 2.45) is 0 Å². The normalized spacial score (nSPS) is 19.3. The lowest BCUT2D eigenvalue weighted by atomic mass is 10.3. The number of alkyl halides is 3. The first-order valence-corrected chi connectivity index (χ1v) is 5.04. The van der Waals surface area contributed by atoms with Crippen molar-refractivity contribution in [3.8, 4) is 0 Å². The van der Waals surface area contributed by atoms with Crippen molar-refractivity contribution >= 4 is 5.84 Å². The van der Waals surface area contributed by atoms with Crippen LogP contribution in [0.25, 0.3) is 0 Å². The Bertz CT molecular complexity index is 219. The lowest BCUT2D eigenvalue weighted by molar-refractivity contribution is -0.148. The number of amidine groups is 1. The summed E-state index contributed by atoms with van der Waals surface area (Å²) in [6.45, 7) is 2.89. The molecule has 0 aromatic rings. The zero-order chi connectivity index (χ0) is 11.5. The quantitative estimate of drug-likeness (QED) is 0.568. The summed E-state index contributed by atoms with van der Waals surface area (Å²) in [6.07, 6.45) is -3.47. The van der Waals surface area contributed by atoms with Gasteiger partial charge in [0.2, 0.25) is 0 Å². The van der Waals surface area contributed by atoms with Crippen LogP contribution in [-0.4, -0.2) is 54.5 Å². The minimum Gasteiger partial charge on any atom is -0.358 e. The molecule has 0 spiro atoms. The summed E-state index contributed by atoms with van der Waals surface area (Å²) in [5, 5.41) is 7.56. The molecule has 88 valence electrons. The first-order valence-electron chi connectivity index (χ1n) is 5.04. The molecular formula is C9H16F3N3. The predicted octanol–water partition coefficient (Wildman–Crippen LogP) is 1.55. The van der Waals surface area contributed by atoms with Crippen LogP contribution in [-0.2, 0) is 0 Å². The van der Waals surface area contributed by atoms with Gasteiger partial charge in [-0.25, -0.2) is 0 Å². The van der Waals surface area contributed by atoms with Crippen LogP contribution < -0.4 is 0 Å². The number of nitrogens with zero attached hydrogens (tertiary/aromatic N) is 2. The molecule has 1 rings (SSSR count). The van der Waals surface area contributed by atoms with E-state index in [0.717, 1.165) is 0 Å². The fourth-order valence-electron chi connectivity index (χ4n) is 1.65. The van der Waals surface area contributed by atoms with E-state index >= 15 is 0 Å². The molecule has 1 fully saturated rings. The maximum absolute atomic E-state index is 12.1. The van der Waals surface area contributed by atoms with Crippen molar-refractivity contribution in [1.29, 1.82) is 5.41 Å². The van der Waals surface area contributed by atoms with Gasteiger partial charge in [0.1, 0.15) is 0 Å².